The molecule has 1 atom stereocenters. The number of esters is 1. The average molecular weight is 485 g/mol. The Morgan fingerprint density at radius 2 is 1.81 bits per heavy atom. The van der Waals surface area contributed by atoms with E-state index in [4.69, 9.17) is 4.74 Å². The first-order valence-corrected chi connectivity index (χ1v) is 11.0. The van der Waals surface area contributed by atoms with Crippen molar-refractivity contribution in [1.29, 1.82) is 0 Å². The van der Waals surface area contributed by atoms with Crippen LogP contribution in [0.25, 0.3) is 10.9 Å². The van der Waals surface area contributed by atoms with Crippen LogP contribution in [-0.4, -0.2) is 61.1 Å². The number of hydrogen-bond acceptors (Lipinski definition) is 5. The fourth-order valence-electron chi connectivity index (χ4n) is 3.95. The van der Waals surface area contributed by atoms with Gasteiger partial charge in [0, 0.05) is 47.2 Å². The summed E-state index contributed by atoms with van der Waals surface area (Å²) in [4.78, 5) is 32.9. The van der Waals surface area contributed by atoms with Crippen molar-refractivity contribution in [2.24, 2.45) is 0 Å². The van der Waals surface area contributed by atoms with E-state index < -0.39 is 5.97 Å². The Morgan fingerprint density at radius 1 is 1.10 bits per heavy atom. The number of amides is 1. The number of carbonyl (C=O) groups excluding carboxylic acids is 2. The van der Waals surface area contributed by atoms with Crippen LogP contribution < -0.4 is 10.2 Å². The lowest BCUT2D eigenvalue weighted by molar-refractivity contribution is -0.120. The Kier molecular flexibility index (Phi) is 6.29. The van der Waals surface area contributed by atoms with Crippen molar-refractivity contribution in [3.8, 4) is 0 Å². The summed E-state index contributed by atoms with van der Waals surface area (Å²) in [7, 11) is 1.32. The average Bonchev–Trinajstić information content (AvgIpc) is 3.16. The van der Waals surface area contributed by atoms with Gasteiger partial charge >= 0.3 is 5.97 Å². The van der Waals surface area contributed by atoms with Gasteiger partial charge in [-0.2, -0.15) is 0 Å². The molecule has 2 heterocycles. The Labute approximate surface area is 189 Å². The number of anilines is 2. The van der Waals surface area contributed by atoms with Crippen LogP contribution in [0.5, 0.6) is 0 Å². The summed E-state index contributed by atoms with van der Waals surface area (Å²) in [6.45, 7) is 5.18. The van der Waals surface area contributed by atoms with E-state index in [0.29, 0.717) is 5.69 Å². The third-order valence-electron chi connectivity index (χ3n) is 5.76. The van der Waals surface area contributed by atoms with Crippen molar-refractivity contribution in [2.45, 2.75) is 13.0 Å². The smallest absolute Gasteiger partial charge is 0.356 e. The van der Waals surface area contributed by atoms with Gasteiger partial charge in [-0.05, 0) is 37.3 Å². The Morgan fingerprint density at radius 3 is 2.48 bits per heavy atom. The second-order valence-corrected chi connectivity index (χ2v) is 8.50. The molecular weight excluding hydrogens is 460 g/mol. The van der Waals surface area contributed by atoms with Crippen LogP contribution in [-0.2, 0) is 9.53 Å². The van der Waals surface area contributed by atoms with Gasteiger partial charge in [-0.25, -0.2) is 4.79 Å². The number of nitrogens with one attached hydrogen (secondary N) is 2. The van der Waals surface area contributed by atoms with Crippen molar-refractivity contribution in [1.82, 2.24) is 9.88 Å². The third kappa shape index (κ3) is 4.45. The monoisotopic (exact) mass is 484 g/mol. The van der Waals surface area contributed by atoms with Gasteiger partial charge in [-0.15, -0.1) is 0 Å². The van der Waals surface area contributed by atoms with Crippen LogP contribution in [0.1, 0.15) is 17.4 Å². The molecule has 1 fully saturated rings. The van der Waals surface area contributed by atoms with E-state index in [9.17, 15) is 9.59 Å². The first-order valence-electron chi connectivity index (χ1n) is 10.2. The molecule has 2 aromatic carbocycles. The van der Waals surface area contributed by atoms with Crippen LogP contribution in [0.3, 0.4) is 0 Å². The van der Waals surface area contributed by atoms with E-state index in [1.165, 1.54) is 12.8 Å². The minimum absolute atomic E-state index is 0.154. The van der Waals surface area contributed by atoms with Gasteiger partial charge in [-0.3, -0.25) is 9.69 Å². The highest BCUT2D eigenvalue weighted by Gasteiger charge is 2.28. The lowest BCUT2D eigenvalue weighted by atomic mass is 10.1. The Hall–Kier alpha value is -2.84. The molecule has 1 aliphatic rings. The fraction of sp³-hybridized carbons (Fsp3) is 0.304. The first kappa shape index (κ1) is 21.4. The van der Waals surface area contributed by atoms with Gasteiger partial charge in [0.05, 0.1) is 18.8 Å². The second kappa shape index (κ2) is 9.11. The van der Waals surface area contributed by atoms with E-state index in [2.05, 4.69) is 48.2 Å². The summed E-state index contributed by atoms with van der Waals surface area (Å²) in [5, 5.41) is 3.72. The number of aromatic amines is 1. The molecule has 1 amide bonds. The molecule has 1 aromatic heterocycles. The number of piperazine rings is 1. The molecule has 0 aliphatic carbocycles. The molecule has 2 N–H and O–H groups in total. The number of nitrogens with zero attached hydrogens (tertiary/aromatic N) is 2. The lowest BCUT2D eigenvalue weighted by Gasteiger charge is -2.38. The molecule has 0 radical (unpaired) electrons. The summed E-state index contributed by atoms with van der Waals surface area (Å²) in [6, 6.07) is 15.6. The Balaban J connectivity index is 1.49. The van der Waals surface area contributed by atoms with Crippen LogP contribution in [0, 0.1) is 0 Å². The zero-order valence-corrected chi connectivity index (χ0v) is 19.1. The van der Waals surface area contributed by atoms with Crippen molar-refractivity contribution in [2.75, 3.05) is 43.5 Å². The number of halogens is 1. The molecule has 0 bridgehead atoms. The Bertz CT molecular complexity index is 1090. The van der Waals surface area contributed by atoms with E-state index in [-0.39, 0.29) is 17.6 Å². The molecule has 8 heteroatoms. The van der Waals surface area contributed by atoms with Crippen LogP contribution in [0.2, 0.25) is 0 Å². The summed E-state index contributed by atoms with van der Waals surface area (Å²) in [5.41, 5.74) is 2.64. The molecule has 0 spiro atoms. The molecule has 1 aliphatic heterocycles. The van der Waals surface area contributed by atoms with Crippen LogP contribution in [0.15, 0.2) is 53.0 Å². The molecule has 31 heavy (non-hydrogen) atoms. The zero-order valence-electron chi connectivity index (χ0n) is 17.5. The number of aromatic nitrogens is 1. The first-order chi connectivity index (χ1) is 15.0. The minimum Gasteiger partial charge on any atom is -0.464 e. The van der Waals surface area contributed by atoms with E-state index in [0.717, 1.165) is 41.6 Å². The number of H-pyrrole nitrogens is 1. The quantitative estimate of drug-likeness (QED) is 0.537. The zero-order chi connectivity index (χ0) is 22.0. The van der Waals surface area contributed by atoms with Gasteiger partial charge in [0.2, 0.25) is 5.91 Å². The van der Waals surface area contributed by atoms with E-state index >= 15 is 0 Å². The molecule has 7 nitrogen and oxygen atoms in total. The van der Waals surface area contributed by atoms with Crippen molar-refractivity contribution in [3.63, 3.8) is 0 Å². The van der Waals surface area contributed by atoms with Crippen molar-refractivity contribution in [3.05, 3.63) is 58.7 Å². The number of hydrogen-bond donors (Lipinski definition) is 2. The molecule has 1 saturated heterocycles. The summed E-state index contributed by atoms with van der Waals surface area (Å²) >= 11 is 3.46. The van der Waals surface area contributed by atoms with Crippen molar-refractivity contribution >= 4 is 50.1 Å². The largest absolute Gasteiger partial charge is 0.464 e. The van der Waals surface area contributed by atoms with Gasteiger partial charge in [0.25, 0.3) is 0 Å². The third-order valence-corrected chi connectivity index (χ3v) is 6.25. The van der Waals surface area contributed by atoms with Gasteiger partial charge in [0.1, 0.15) is 5.69 Å². The van der Waals surface area contributed by atoms with Crippen LogP contribution in [0.4, 0.5) is 11.4 Å². The lowest BCUT2D eigenvalue weighted by Crippen LogP contribution is -2.52. The molecule has 0 unspecified atom stereocenters. The summed E-state index contributed by atoms with van der Waals surface area (Å²) in [5.74, 6) is -0.675. The number of fused-ring (bicyclic) bond motifs is 1. The van der Waals surface area contributed by atoms with Gasteiger partial charge in [0.15, 0.2) is 0 Å². The standard InChI is InChI=1S/C23H25BrN4O3/c1-15(27-10-12-28(13-11-27)17-6-4-3-5-7-17)22(29)26-20-18-14-16(24)8-9-19(18)25-21(20)23(30)31-2/h3-9,14-15,25H,10-13H2,1-2H3,(H,26,29)/t15-/m0/s1. The maximum atomic E-state index is 13.1. The van der Waals surface area contributed by atoms with E-state index in [1.54, 1.807) is 0 Å². The number of ether oxygens (including phenoxy) is 1. The number of carbonyl (C=O) groups is 2. The van der Waals surface area contributed by atoms with Gasteiger partial charge in [-0.1, -0.05) is 34.1 Å². The highest BCUT2D eigenvalue weighted by molar-refractivity contribution is 9.10. The minimum atomic E-state index is -0.522. The maximum absolute atomic E-state index is 13.1. The molecular formula is C23H25BrN4O3. The number of rotatable bonds is 5. The number of methoxy groups -OCH3 is 1. The van der Waals surface area contributed by atoms with Crippen LogP contribution >= 0.6 is 15.9 Å². The number of para-hydroxylation sites is 1. The molecule has 3 aromatic rings. The fourth-order valence-corrected chi connectivity index (χ4v) is 4.31. The predicted molar refractivity (Wildman–Crippen MR) is 126 cm³/mol. The highest BCUT2D eigenvalue weighted by atomic mass is 79.9. The van der Waals surface area contributed by atoms with Crippen molar-refractivity contribution < 1.29 is 14.3 Å². The number of benzene rings is 2. The normalized spacial score (nSPS) is 15.6. The van der Waals surface area contributed by atoms with Gasteiger partial charge < -0.3 is 19.9 Å². The second-order valence-electron chi connectivity index (χ2n) is 7.58. The topological polar surface area (TPSA) is 77.7 Å². The molecule has 162 valence electrons. The SMILES string of the molecule is COC(=O)c1[nH]c2ccc(Br)cc2c1NC(=O)[C@H](C)N1CCN(c2ccccc2)CC1. The maximum Gasteiger partial charge on any atom is 0.356 e. The highest BCUT2D eigenvalue weighted by Crippen LogP contribution is 2.31. The molecule has 0 saturated carbocycles. The van der Waals surface area contributed by atoms with E-state index in [1.807, 2.05) is 43.3 Å². The summed E-state index contributed by atoms with van der Waals surface area (Å²) in [6.07, 6.45) is 0. The summed E-state index contributed by atoms with van der Waals surface area (Å²) < 4.78 is 5.76. The predicted octanol–water partition coefficient (Wildman–Crippen LogP) is 3.87. The molecule has 4 rings (SSSR count).